The van der Waals surface area contributed by atoms with Crippen LogP contribution in [0.1, 0.15) is 51.4 Å². The number of urea groups is 1. The summed E-state index contributed by atoms with van der Waals surface area (Å²) in [5.41, 5.74) is 5.02. The van der Waals surface area contributed by atoms with E-state index in [1.807, 2.05) is 0 Å². The number of rotatable bonds is 6. The van der Waals surface area contributed by atoms with Crippen LogP contribution in [0.4, 0.5) is 4.79 Å². The van der Waals surface area contributed by atoms with E-state index in [1.165, 1.54) is 19.3 Å². The van der Waals surface area contributed by atoms with E-state index in [0.717, 1.165) is 25.7 Å². The number of carbonyl (C=O) groups is 2. The number of amides is 3. The lowest BCUT2D eigenvalue weighted by Gasteiger charge is -2.22. The van der Waals surface area contributed by atoms with Crippen molar-refractivity contribution in [3.8, 4) is 0 Å². The zero-order valence-corrected chi connectivity index (χ0v) is 10.3. The minimum Gasteiger partial charge on any atom is -0.370 e. The van der Waals surface area contributed by atoms with Gasteiger partial charge in [-0.3, -0.25) is 4.79 Å². The molecule has 1 saturated carbocycles. The Labute approximate surface area is 103 Å². The summed E-state index contributed by atoms with van der Waals surface area (Å²) in [6.45, 7) is 0.603. The number of nitrogens with two attached hydrogens (primary N) is 1. The molecule has 1 aliphatic carbocycles. The van der Waals surface area contributed by atoms with Crippen molar-refractivity contribution < 1.29 is 9.59 Å². The van der Waals surface area contributed by atoms with Crippen LogP contribution in [-0.2, 0) is 4.79 Å². The van der Waals surface area contributed by atoms with E-state index in [-0.39, 0.29) is 11.9 Å². The van der Waals surface area contributed by atoms with E-state index in [9.17, 15) is 9.59 Å². The molecule has 0 saturated heterocycles. The first-order valence-corrected chi connectivity index (χ1v) is 6.51. The van der Waals surface area contributed by atoms with Gasteiger partial charge in [-0.1, -0.05) is 19.3 Å². The van der Waals surface area contributed by atoms with Gasteiger partial charge in [0.1, 0.15) is 0 Å². The molecule has 0 radical (unpaired) electrons. The molecule has 17 heavy (non-hydrogen) atoms. The van der Waals surface area contributed by atoms with Gasteiger partial charge in [0.15, 0.2) is 0 Å². The topological polar surface area (TPSA) is 84.2 Å². The third kappa shape index (κ3) is 6.81. The van der Waals surface area contributed by atoms with Crippen LogP contribution in [0.5, 0.6) is 0 Å². The van der Waals surface area contributed by atoms with Gasteiger partial charge < -0.3 is 16.4 Å². The van der Waals surface area contributed by atoms with E-state index in [0.29, 0.717) is 19.0 Å². The molecule has 1 fully saturated rings. The minimum atomic E-state index is -0.281. The summed E-state index contributed by atoms with van der Waals surface area (Å²) in [5.74, 6) is -0.281. The van der Waals surface area contributed by atoms with Crippen molar-refractivity contribution in [2.24, 2.45) is 5.73 Å². The first-order valence-electron chi connectivity index (χ1n) is 6.51. The highest BCUT2D eigenvalue weighted by Gasteiger charge is 2.14. The van der Waals surface area contributed by atoms with Crippen LogP contribution in [0.2, 0.25) is 0 Å². The second-order valence-corrected chi connectivity index (χ2v) is 4.66. The molecule has 98 valence electrons. The van der Waals surface area contributed by atoms with Crippen LogP contribution in [0.15, 0.2) is 0 Å². The van der Waals surface area contributed by atoms with Gasteiger partial charge >= 0.3 is 6.03 Å². The van der Waals surface area contributed by atoms with E-state index >= 15 is 0 Å². The largest absolute Gasteiger partial charge is 0.370 e. The molecular formula is C12H23N3O2. The number of unbranched alkanes of at least 4 members (excludes halogenated alkanes) is 1. The fourth-order valence-corrected chi connectivity index (χ4v) is 2.11. The standard InChI is InChI=1S/C12H23N3O2/c13-11(16)8-4-5-9-14-12(17)15-10-6-2-1-3-7-10/h10H,1-9H2,(H2,13,16)(H2,14,15,17). The summed E-state index contributed by atoms with van der Waals surface area (Å²) < 4.78 is 0. The molecule has 4 N–H and O–H groups in total. The molecule has 0 aromatic carbocycles. The van der Waals surface area contributed by atoms with Crippen molar-refractivity contribution in [1.82, 2.24) is 10.6 Å². The number of hydrogen-bond donors (Lipinski definition) is 3. The Hall–Kier alpha value is -1.26. The summed E-state index contributed by atoms with van der Waals surface area (Å²) in [5, 5.41) is 5.78. The predicted molar refractivity (Wildman–Crippen MR) is 66.5 cm³/mol. The maximum absolute atomic E-state index is 11.5. The lowest BCUT2D eigenvalue weighted by Crippen LogP contribution is -2.43. The second-order valence-electron chi connectivity index (χ2n) is 4.66. The van der Waals surface area contributed by atoms with Crippen LogP contribution < -0.4 is 16.4 Å². The van der Waals surface area contributed by atoms with Gasteiger partial charge in [0, 0.05) is 19.0 Å². The maximum atomic E-state index is 11.5. The zero-order valence-electron chi connectivity index (χ0n) is 10.3. The number of primary amides is 1. The predicted octanol–water partition coefficient (Wildman–Crippen LogP) is 1.27. The zero-order chi connectivity index (χ0) is 12.5. The molecule has 1 aliphatic rings. The highest BCUT2D eigenvalue weighted by molar-refractivity contribution is 5.74. The normalized spacial score (nSPS) is 16.5. The SMILES string of the molecule is NC(=O)CCCCNC(=O)NC1CCCCC1. The second kappa shape index (κ2) is 7.92. The van der Waals surface area contributed by atoms with E-state index < -0.39 is 0 Å². The van der Waals surface area contributed by atoms with Gasteiger partial charge in [-0.2, -0.15) is 0 Å². The molecule has 3 amide bonds. The summed E-state index contributed by atoms with van der Waals surface area (Å²) >= 11 is 0. The minimum absolute atomic E-state index is 0.0871. The van der Waals surface area contributed by atoms with Crippen molar-refractivity contribution in [2.45, 2.75) is 57.4 Å². The number of hydrogen-bond acceptors (Lipinski definition) is 2. The summed E-state index contributed by atoms with van der Waals surface area (Å²) in [6, 6.07) is 0.255. The van der Waals surface area contributed by atoms with E-state index in [1.54, 1.807) is 0 Å². The highest BCUT2D eigenvalue weighted by atomic mass is 16.2. The number of carbonyl (C=O) groups excluding carboxylic acids is 2. The Bertz CT molecular complexity index is 250. The van der Waals surface area contributed by atoms with Crippen LogP contribution in [0, 0.1) is 0 Å². The van der Waals surface area contributed by atoms with Gasteiger partial charge in [0.25, 0.3) is 0 Å². The molecule has 1 rings (SSSR count). The first kappa shape index (κ1) is 13.8. The van der Waals surface area contributed by atoms with Crippen LogP contribution >= 0.6 is 0 Å². The third-order valence-corrected chi connectivity index (χ3v) is 3.08. The fourth-order valence-electron chi connectivity index (χ4n) is 2.11. The van der Waals surface area contributed by atoms with Crippen molar-refractivity contribution >= 4 is 11.9 Å². The highest BCUT2D eigenvalue weighted by Crippen LogP contribution is 2.17. The van der Waals surface area contributed by atoms with Gasteiger partial charge in [-0.15, -0.1) is 0 Å². The molecule has 0 atom stereocenters. The quantitative estimate of drug-likeness (QED) is 0.612. The average molecular weight is 241 g/mol. The molecule has 0 spiro atoms. The molecular weight excluding hydrogens is 218 g/mol. The van der Waals surface area contributed by atoms with Gasteiger partial charge in [0.2, 0.25) is 5.91 Å². The molecule has 0 heterocycles. The molecule has 5 heteroatoms. The Morgan fingerprint density at radius 2 is 1.82 bits per heavy atom. The summed E-state index contributed by atoms with van der Waals surface area (Å²) in [7, 11) is 0. The number of nitrogens with one attached hydrogen (secondary N) is 2. The van der Waals surface area contributed by atoms with Crippen molar-refractivity contribution in [3.63, 3.8) is 0 Å². The molecule has 0 aliphatic heterocycles. The van der Waals surface area contributed by atoms with E-state index in [4.69, 9.17) is 5.73 Å². The van der Waals surface area contributed by atoms with Crippen molar-refractivity contribution in [3.05, 3.63) is 0 Å². The smallest absolute Gasteiger partial charge is 0.315 e. The molecule has 5 nitrogen and oxygen atoms in total. The molecule has 0 bridgehead atoms. The third-order valence-electron chi connectivity index (χ3n) is 3.08. The van der Waals surface area contributed by atoms with Crippen molar-refractivity contribution in [2.75, 3.05) is 6.54 Å². The van der Waals surface area contributed by atoms with Crippen LogP contribution in [0.3, 0.4) is 0 Å². The lowest BCUT2D eigenvalue weighted by molar-refractivity contribution is -0.118. The monoisotopic (exact) mass is 241 g/mol. The van der Waals surface area contributed by atoms with Gasteiger partial charge in [-0.25, -0.2) is 4.79 Å². The molecule has 0 aromatic heterocycles. The summed E-state index contributed by atoms with van der Waals surface area (Å²) in [6.07, 6.45) is 7.82. The summed E-state index contributed by atoms with van der Waals surface area (Å²) in [4.78, 5) is 22.0. The average Bonchev–Trinajstić information content (AvgIpc) is 2.29. The van der Waals surface area contributed by atoms with Gasteiger partial charge in [-0.05, 0) is 25.7 Å². The molecule has 0 aromatic rings. The fraction of sp³-hybridized carbons (Fsp3) is 0.833. The van der Waals surface area contributed by atoms with Gasteiger partial charge in [0.05, 0.1) is 0 Å². The Balaban J connectivity index is 1.98. The first-order chi connectivity index (χ1) is 8.18. The van der Waals surface area contributed by atoms with E-state index in [2.05, 4.69) is 10.6 Å². The van der Waals surface area contributed by atoms with Crippen molar-refractivity contribution in [1.29, 1.82) is 0 Å². The van der Waals surface area contributed by atoms with Crippen LogP contribution in [0.25, 0.3) is 0 Å². The Morgan fingerprint density at radius 3 is 2.47 bits per heavy atom. The lowest BCUT2D eigenvalue weighted by atomic mass is 9.96. The maximum Gasteiger partial charge on any atom is 0.315 e. The van der Waals surface area contributed by atoms with Crippen LogP contribution in [-0.4, -0.2) is 24.5 Å². The Kier molecular flexibility index (Phi) is 6.43. The molecule has 0 unspecified atom stereocenters. The Morgan fingerprint density at radius 1 is 1.12 bits per heavy atom.